The van der Waals surface area contributed by atoms with E-state index >= 15 is 0 Å². The molecule has 78 valence electrons. The summed E-state index contributed by atoms with van der Waals surface area (Å²) in [6, 6.07) is 2.40. The molecule has 0 spiro atoms. The van der Waals surface area contributed by atoms with E-state index < -0.39 is 0 Å². The normalized spacial score (nSPS) is 10.2. The van der Waals surface area contributed by atoms with Crippen molar-refractivity contribution in [1.29, 1.82) is 0 Å². The lowest BCUT2D eigenvalue weighted by Crippen LogP contribution is -2.20. The third kappa shape index (κ3) is 3.70. The Bertz CT molecular complexity index is 268. The predicted molar refractivity (Wildman–Crippen MR) is 55.5 cm³/mol. The van der Waals surface area contributed by atoms with Crippen LogP contribution in [0.3, 0.4) is 0 Å². The SMILES string of the molecule is CCNCCOc1nc(C)cc(C)n1. The van der Waals surface area contributed by atoms with E-state index in [1.807, 2.05) is 19.9 Å². The zero-order chi connectivity index (χ0) is 10.4. The first kappa shape index (κ1) is 10.9. The number of hydrogen-bond donors (Lipinski definition) is 1. The molecule has 1 N–H and O–H groups in total. The van der Waals surface area contributed by atoms with Crippen LogP contribution in [0, 0.1) is 13.8 Å². The Morgan fingerprint density at radius 2 is 1.93 bits per heavy atom. The lowest BCUT2D eigenvalue weighted by atomic mass is 10.4. The highest BCUT2D eigenvalue weighted by Crippen LogP contribution is 2.05. The average Bonchev–Trinajstić information content (AvgIpc) is 2.11. The summed E-state index contributed by atoms with van der Waals surface area (Å²) in [6.45, 7) is 8.33. The molecule has 0 aliphatic rings. The first-order valence-corrected chi connectivity index (χ1v) is 4.88. The Morgan fingerprint density at radius 3 is 2.50 bits per heavy atom. The van der Waals surface area contributed by atoms with Crippen LogP contribution in [0.2, 0.25) is 0 Å². The summed E-state index contributed by atoms with van der Waals surface area (Å²) in [5.41, 5.74) is 1.88. The number of likely N-dealkylation sites (N-methyl/N-ethyl adjacent to an activating group) is 1. The second-order valence-corrected chi connectivity index (χ2v) is 3.14. The van der Waals surface area contributed by atoms with Gasteiger partial charge in [-0.25, -0.2) is 9.97 Å². The number of hydrogen-bond acceptors (Lipinski definition) is 4. The molecule has 0 amide bonds. The van der Waals surface area contributed by atoms with Gasteiger partial charge >= 0.3 is 6.01 Å². The molecule has 0 saturated heterocycles. The first-order chi connectivity index (χ1) is 6.72. The van der Waals surface area contributed by atoms with Gasteiger partial charge in [-0.1, -0.05) is 6.92 Å². The van der Waals surface area contributed by atoms with Gasteiger partial charge in [0.15, 0.2) is 0 Å². The topological polar surface area (TPSA) is 47.0 Å². The number of nitrogens with zero attached hydrogens (tertiary/aromatic N) is 2. The number of nitrogens with one attached hydrogen (secondary N) is 1. The van der Waals surface area contributed by atoms with Crippen LogP contribution >= 0.6 is 0 Å². The van der Waals surface area contributed by atoms with Gasteiger partial charge in [-0.05, 0) is 26.5 Å². The Morgan fingerprint density at radius 1 is 1.29 bits per heavy atom. The fourth-order valence-electron chi connectivity index (χ4n) is 1.15. The van der Waals surface area contributed by atoms with Crippen molar-refractivity contribution in [3.8, 4) is 6.01 Å². The maximum atomic E-state index is 5.38. The molecule has 0 aliphatic carbocycles. The van der Waals surface area contributed by atoms with Gasteiger partial charge in [0.2, 0.25) is 0 Å². The Balaban J connectivity index is 2.42. The van der Waals surface area contributed by atoms with Gasteiger partial charge in [0.05, 0.1) is 0 Å². The maximum absolute atomic E-state index is 5.38. The fourth-order valence-corrected chi connectivity index (χ4v) is 1.15. The molecule has 1 heterocycles. The molecule has 1 aromatic heterocycles. The van der Waals surface area contributed by atoms with Gasteiger partial charge in [-0.3, -0.25) is 0 Å². The molecular weight excluding hydrogens is 178 g/mol. The van der Waals surface area contributed by atoms with Crippen LogP contribution in [0.4, 0.5) is 0 Å². The second kappa shape index (κ2) is 5.54. The quantitative estimate of drug-likeness (QED) is 0.714. The molecule has 14 heavy (non-hydrogen) atoms. The molecule has 0 atom stereocenters. The lowest BCUT2D eigenvalue weighted by molar-refractivity contribution is 0.290. The van der Waals surface area contributed by atoms with Crippen molar-refractivity contribution in [2.45, 2.75) is 20.8 Å². The fraction of sp³-hybridized carbons (Fsp3) is 0.600. The standard InChI is InChI=1S/C10H17N3O/c1-4-11-5-6-14-10-12-8(2)7-9(3)13-10/h7,11H,4-6H2,1-3H3. The summed E-state index contributed by atoms with van der Waals surface area (Å²) in [5, 5.41) is 3.17. The van der Waals surface area contributed by atoms with Crippen LogP contribution in [0.25, 0.3) is 0 Å². The second-order valence-electron chi connectivity index (χ2n) is 3.14. The van der Waals surface area contributed by atoms with E-state index in [4.69, 9.17) is 4.74 Å². The highest BCUT2D eigenvalue weighted by atomic mass is 16.5. The van der Waals surface area contributed by atoms with E-state index in [1.54, 1.807) is 0 Å². The minimum atomic E-state index is 0.473. The molecule has 1 aromatic rings. The van der Waals surface area contributed by atoms with Gasteiger partial charge in [0, 0.05) is 17.9 Å². The van der Waals surface area contributed by atoms with Gasteiger partial charge in [-0.15, -0.1) is 0 Å². The summed E-state index contributed by atoms with van der Waals surface area (Å²) < 4.78 is 5.38. The number of aromatic nitrogens is 2. The number of rotatable bonds is 5. The molecule has 0 aromatic carbocycles. The van der Waals surface area contributed by atoms with E-state index in [0.717, 1.165) is 24.5 Å². The molecule has 1 rings (SSSR count). The molecular formula is C10H17N3O. The molecule has 0 radical (unpaired) electrons. The van der Waals surface area contributed by atoms with Crippen LogP contribution in [0.15, 0.2) is 6.07 Å². The largest absolute Gasteiger partial charge is 0.462 e. The minimum absolute atomic E-state index is 0.473. The molecule has 0 bridgehead atoms. The van der Waals surface area contributed by atoms with Crippen LogP contribution in [0.5, 0.6) is 6.01 Å². The minimum Gasteiger partial charge on any atom is -0.462 e. The molecule has 0 saturated carbocycles. The van der Waals surface area contributed by atoms with Crippen LogP contribution in [-0.2, 0) is 0 Å². The molecule has 4 heteroatoms. The van der Waals surface area contributed by atoms with Crippen LogP contribution in [-0.4, -0.2) is 29.7 Å². The zero-order valence-corrected chi connectivity index (χ0v) is 9.00. The zero-order valence-electron chi connectivity index (χ0n) is 9.00. The van der Waals surface area contributed by atoms with E-state index in [2.05, 4.69) is 22.2 Å². The van der Waals surface area contributed by atoms with Gasteiger partial charge in [-0.2, -0.15) is 0 Å². The van der Waals surface area contributed by atoms with E-state index in [9.17, 15) is 0 Å². The van der Waals surface area contributed by atoms with E-state index in [-0.39, 0.29) is 0 Å². The van der Waals surface area contributed by atoms with Crippen LogP contribution in [0.1, 0.15) is 18.3 Å². The third-order valence-electron chi connectivity index (χ3n) is 1.72. The van der Waals surface area contributed by atoms with Crippen molar-refractivity contribution in [2.75, 3.05) is 19.7 Å². The average molecular weight is 195 g/mol. The molecule has 0 fully saturated rings. The van der Waals surface area contributed by atoms with Crippen molar-refractivity contribution < 1.29 is 4.74 Å². The van der Waals surface area contributed by atoms with Gasteiger partial charge in [0.1, 0.15) is 6.61 Å². The smallest absolute Gasteiger partial charge is 0.316 e. The first-order valence-electron chi connectivity index (χ1n) is 4.88. The third-order valence-corrected chi connectivity index (χ3v) is 1.72. The van der Waals surface area contributed by atoms with Crippen LogP contribution < -0.4 is 10.1 Å². The Hall–Kier alpha value is -1.16. The Labute approximate surface area is 84.7 Å². The number of ether oxygens (including phenoxy) is 1. The monoisotopic (exact) mass is 195 g/mol. The van der Waals surface area contributed by atoms with Crippen molar-refractivity contribution in [2.24, 2.45) is 0 Å². The van der Waals surface area contributed by atoms with E-state index in [1.165, 1.54) is 0 Å². The summed E-state index contributed by atoms with van der Waals surface area (Å²) in [7, 11) is 0. The predicted octanol–water partition coefficient (Wildman–Crippen LogP) is 1.08. The molecule has 0 aliphatic heterocycles. The van der Waals surface area contributed by atoms with Gasteiger partial charge < -0.3 is 10.1 Å². The van der Waals surface area contributed by atoms with Crippen molar-refractivity contribution in [1.82, 2.24) is 15.3 Å². The lowest BCUT2D eigenvalue weighted by Gasteiger charge is -2.05. The molecule has 4 nitrogen and oxygen atoms in total. The van der Waals surface area contributed by atoms with E-state index in [0.29, 0.717) is 12.6 Å². The van der Waals surface area contributed by atoms with Crippen molar-refractivity contribution >= 4 is 0 Å². The van der Waals surface area contributed by atoms with Crippen molar-refractivity contribution in [3.05, 3.63) is 17.5 Å². The maximum Gasteiger partial charge on any atom is 0.316 e. The van der Waals surface area contributed by atoms with Gasteiger partial charge in [0.25, 0.3) is 0 Å². The summed E-state index contributed by atoms with van der Waals surface area (Å²) >= 11 is 0. The van der Waals surface area contributed by atoms with Crippen molar-refractivity contribution in [3.63, 3.8) is 0 Å². The Kier molecular flexibility index (Phi) is 4.32. The summed E-state index contributed by atoms with van der Waals surface area (Å²) in [6.07, 6.45) is 0. The summed E-state index contributed by atoms with van der Waals surface area (Å²) in [5.74, 6) is 0. The highest BCUT2D eigenvalue weighted by Gasteiger charge is 1.99. The number of aryl methyl sites for hydroxylation is 2. The highest BCUT2D eigenvalue weighted by molar-refractivity contribution is 5.10. The molecule has 0 unspecified atom stereocenters. The summed E-state index contributed by atoms with van der Waals surface area (Å²) in [4.78, 5) is 8.34.